The Bertz CT molecular complexity index is 752. The van der Waals surface area contributed by atoms with Gasteiger partial charge in [-0.2, -0.15) is 5.56 Å². The molecular weight excluding hydrogens is 375 g/mol. The molecule has 0 saturated carbocycles. The summed E-state index contributed by atoms with van der Waals surface area (Å²) < 4.78 is 11.1. The largest absolute Gasteiger partial charge is 1.00 e. The van der Waals surface area contributed by atoms with Crippen LogP contribution in [-0.4, -0.2) is 61.6 Å². The maximum absolute atomic E-state index is 12.1. The number of amides is 1. The van der Waals surface area contributed by atoms with Crippen LogP contribution < -0.4 is 23.6 Å². The van der Waals surface area contributed by atoms with Crippen LogP contribution in [0.3, 0.4) is 0 Å². The van der Waals surface area contributed by atoms with E-state index in [1.165, 1.54) is 4.90 Å². The summed E-state index contributed by atoms with van der Waals surface area (Å²) in [5.74, 6) is 0.354. The first kappa shape index (κ1) is 27.8. The monoisotopic (exact) mass is 406 g/mol. The number of carbonyl (C=O) groups is 1. The number of nitriles is 1. The summed E-state index contributed by atoms with van der Waals surface area (Å²) in [5, 5.41) is 9.57. The molecule has 1 rings (SSSR count). The molecule has 0 fully saturated rings. The van der Waals surface area contributed by atoms with Crippen LogP contribution in [0.25, 0.3) is 0 Å². The minimum absolute atomic E-state index is 0. The third-order valence-corrected chi connectivity index (χ3v) is 3.61. The Kier molecular flexibility index (Phi) is 12.3. The number of ether oxygens (including phenoxy) is 2. The van der Waals surface area contributed by atoms with Crippen molar-refractivity contribution in [1.29, 1.82) is 5.26 Å². The SMILES string of the molecule is [CH2-]CN(C[CH-]COc1[c-]c(CC)cc(N=CN(C)C)c1C#N)C(=O)OC(C)(C)C.[Li+]. The van der Waals surface area contributed by atoms with Crippen LogP contribution in [-0.2, 0) is 11.2 Å². The molecule has 0 aliphatic heterocycles. The quantitative estimate of drug-likeness (QED) is 0.199. The zero-order chi connectivity index (χ0) is 22.0. The smallest absolute Gasteiger partial charge is 0.549 e. The van der Waals surface area contributed by atoms with Crippen molar-refractivity contribution in [3.8, 4) is 11.8 Å². The molecule has 0 unspecified atom stereocenters. The number of benzene rings is 1. The van der Waals surface area contributed by atoms with E-state index in [4.69, 9.17) is 9.47 Å². The Hall–Kier alpha value is -2.15. The van der Waals surface area contributed by atoms with Crippen LogP contribution in [0.5, 0.6) is 5.75 Å². The first-order valence-electron chi connectivity index (χ1n) is 9.52. The van der Waals surface area contributed by atoms with Gasteiger partial charge >= 0.3 is 25.0 Å². The fourth-order valence-corrected chi connectivity index (χ4v) is 2.22. The number of carbonyl (C=O) groups excluding carboxylic acids is 1. The van der Waals surface area contributed by atoms with Crippen molar-refractivity contribution >= 4 is 18.1 Å². The Morgan fingerprint density at radius 1 is 1.43 bits per heavy atom. The van der Waals surface area contributed by atoms with E-state index in [1.54, 1.807) is 17.7 Å². The summed E-state index contributed by atoms with van der Waals surface area (Å²) in [4.78, 5) is 19.8. The van der Waals surface area contributed by atoms with Gasteiger partial charge < -0.3 is 26.2 Å². The first-order chi connectivity index (χ1) is 13.6. The van der Waals surface area contributed by atoms with Crippen LogP contribution in [0, 0.1) is 30.7 Å². The molecule has 0 spiro atoms. The van der Waals surface area contributed by atoms with Crippen molar-refractivity contribution in [2.24, 2.45) is 4.99 Å². The van der Waals surface area contributed by atoms with Crippen molar-refractivity contribution in [2.75, 3.05) is 33.8 Å². The second-order valence-corrected chi connectivity index (χ2v) is 7.58. The van der Waals surface area contributed by atoms with E-state index in [2.05, 4.69) is 24.1 Å². The molecule has 0 aromatic heterocycles. The van der Waals surface area contributed by atoms with Crippen LogP contribution in [0.15, 0.2) is 11.1 Å². The maximum atomic E-state index is 12.1. The van der Waals surface area contributed by atoms with Crippen molar-refractivity contribution in [2.45, 2.75) is 39.7 Å². The fourth-order valence-electron chi connectivity index (χ4n) is 2.22. The topological polar surface area (TPSA) is 78.2 Å². The molecule has 0 saturated heterocycles. The van der Waals surface area contributed by atoms with E-state index in [0.29, 0.717) is 23.5 Å². The second-order valence-electron chi connectivity index (χ2n) is 7.58. The molecule has 0 N–H and O–H groups in total. The molecular formula is C22H31LiN4O3-2. The van der Waals surface area contributed by atoms with Crippen LogP contribution in [0.2, 0.25) is 0 Å². The summed E-state index contributed by atoms with van der Waals surface area (Å²) in [6.07, 6.45) is 3.73. The van der Waals surface area contributed by atoms with Crippen molar-refractivity contribution in [3.05, 3.63) is 36.6 Å². The predicted octanol–water partition coefficient (Wildman–Crippen LogP) is 0.801. The van der Waals surface area contributed by atoms with Gasteiger partial charge in [-0.3, -0.25) is 11.4 Å². The molecule has 0 aliphatic rings. The molecule has 1 aromatic carbocycles. The molecule has 0 aliphatic carbocycles. The van der Waals surface area contributed by atoms with Gasteiger partial charge in [-0.05, 0) is 33.1 Å². The number of rotatable bonds is 9. The molecule has 0 bridgehead atoms. The van der Waals surface area contributed by atoms with Gasteiger partial charge in [-0.15, -0.1) is 25.2 Å². The number of aryl methyl sites for hydroxylation is 1. The minimum atomic E-state index is -0.568. The third-order valence-electron chi connectivity index (χ3n) is 3.61. The number of hydrogen-bond donors (Lipinski definition) is 0. The average Bonchev–Trinajstić information content (AvgIpc) is 2.64. The summed E-state index contributed by atoms with van der Waals surface area (Å²) in [5.41, 5.74) is 1.20. The van der Waals surface area contributed by atoms with E-state index in [0.717, 1.165) is 12.0 Å². The van der Waals surface area contributed by atoms with Crippen molar-refractivity contribution < 1.29 is 33.1 Å². The van der Waals surface area contributed by atoms with Gasteiger partial charge in [0.05, 0.1) is 6.34 Å². The number of nitrogens with zero attached hydrogens (tertiary/aromatic N) is 4. The van der Waals surface area contributed by atoms with E-state index in [1.807, 2.05) is 47.9 Å². The molecule has 30 heavy (non-hydrogen) atoms. The molecule has 7 nitrogen and oxygen atoms in total. The van der Waals surface area contributed by atoms with Gasteiger partial charge in [0, 0.05) is 31.5 Å². The first-order valence-corrected chi connectivity index (χ1v) is 9.52. The summed E-state index contributed by atoms with van der Waals surface area (Å²) in [6, 6.07) is 7.11. The van der Waals surface area contributed by atoms with Gasteiger partial charge in [0.2, 0.25) is 0 Å². The summed E-state index contributed by atoms with van der Waals surface area (Å²) >= 11 is 0. The average molecular weight is 406 g/mol. The molecule has 0 atom stereocenters. The second kappa shape index (κ2) is 13.2. The van der Waals surface area contributed by atoms with Crippen molar-refractivity contribution in [3.63, 3.8) is 0 Å². The zero-order valence-corrected chi connectivity index (χ0v) is 19.3. The van der Waals surface area contributed by atoms with Gasteiger partial charge in [0.25, 0.3) is 0 Å². The number of hydrogen-bond acceptors (Lipinski definition) is 5. The van der Waals surface area contributed by atoms with E-state index in [9.17, 15) is 10.1 Å². The van der Waals surface area contributed by atoms with E-state index >= 15 is 0 Å². The predicted molar refractivity (Wildman–Crippen MR) is 114 cm³/mol. The van der Waals surface area contributed by atoms with Crippen LogP contribution in [0.4, 0.5) is 10.5 Å². The van der Waals surface area contributed by atoms with Crippen LogP contribution >= 0.6 is 0 Å². The molecule has 0 radical (unpaired) electrons. The Balaban J connectivity index is 0.00000841. The maximum Gasteiger partial charge on any atom is 1.00 e. The fraction of sp³-hybridized carbons (Fsp3) is 0.500. The van der Waals surface area contributed by atoms with Gasteiger partial charge in [-0.25, -0.2) is 10.1 Å². The zero-order valence-electron chi connectivity index (χ0n) is 19.3. The Morgan fingerprint density at radius 2 is 2.10 bits per heavy atom. The van der Waals surface area contributed by atoms with E-state index in [-0.39, 0.29) is 32.0 Å². The summed E-state index contributed by atoms with van der Waals surface area (Å²) in [7, 11) is 3.72. The minimum Gasteiger partial charge on any atom is -0.549 e. The third kappa shape index (κ3) is 9.56. The van der Waals surface area contributed by atoms with Gasteiger partial charge in [0.15, 0.2) is 0 Å². The molecule has 1 amide bonds. The van der Waals surface area contributed by atoms with Gasteiger partial charge in [-0.1, -0.05) is 13.3 Å². The Labute approximate surface area is 193 Å². The summed E-state index contributed by atoms with van der Waals surface area (Å²) in [6.45, 7) is 12.0. The molecule has 1 aromatic rings. The normalized spacial score (nSPS) is 10.9. The van der Waals surface area contributed by atoms with Gasteiger partial charge in [0.1, 0.15) is 5.60 Å². The van der Waals surface area contributed by atoms with E-state index < -0.39 is 11.7 Å². The van der Waals surface area contributed by atoms with Crippen LogP contribution in [0.1, 0.15) is 38.8 Å². The molecule has 160 valence electrons. The number of aliphatic imine (C=N–C) groups is 1. The Morgan fingerprint density at radius 3 is 2.60 bits per heavy atom. The molecule has 8 heteroatoms. The molecule has 0 heterocycles. The standard InChI is InChI=1S/C22H31N4O3.Li/c1-8-17-13-19(24-16-25(6)7)18(15-23)20(14-17)28-12-10-11-26(9-2)21(27)29-22(3,4)5;/h10,13,16H,2,8-9,11-12H2,1,3-7H3;/q-3;+1. The van der Waals surface area contributed by atoms with Crippen molar-refractivity contribution in [1.82, 2.24) is 9.80 Å².